The van der Waals surface area contributed by atoms with E-state index in [2.05, 4.69) is 10.2 Å². The zero-order chi connectivity index (χ0) is 11.5. The van der Waals surface area contributed by atoms with Gasteiger partial charge in [0.05, 0.1) is 6.20 Å². The Morgan fingerprint density at radius 1 is 1.60 bits per heavy atom. The lowest BCUT2D eigenvalue weighted by atomic mass is 10.5. The Morgan fingerprint density at radius 3 is 2.73 bits per heavy atom. The van der Waals surface area contributed by atoms with Gasteiger partial charge in [-0.15, -0.1) is 5.10 Å². The lowest BCUT2D eigenvalue weighted by molar-refractivity contribution is -0.139. The van der Waals surface area contributed by atoms with Gasteiger partial charge in [0.1, 0.15) is 13.1 Å². The Morgan fingerprint density at radius 2 is 2.27 bits per heavy atom. The van der Waals surface area contributed by atoms with Gasteiger partial charge in [0.25, 0.3) is 0 Å². The van der Waals surface area contributed by atoms with Crippen LogP contribution in [0.1, 0.15) is 0 Å². The lowest BCUT2D eigenvalue weighted by Gasteiger charge is -2.07. The maximum Gasteiger partial charge on any atom is 0.405 e. The zero-order valence-electron chi connectivity index (χ0n) is 7.45. The molecule has 1 aromatic rings. The van der Waals surface area contributed by atoms with E-state index in [1.165, 1.54) is 6.20 Å². The van der Waals surface area contributed by atoms with Crippen LogP contribution < -0.4 is 11.1 Å². The van der Waals surface area contributed by atoms with E-state index in [1.54, 1.807) is 5.32 Å². The molecule has 1 heterocycles. The fraction of sp³-hybridized carbons (Fsp3) is 0.500. The van der Waals surface area contributed by atoms with Crippen LogP contribution >= 0.6 is 0 Å². The van der Waals surface area contributed by atoms with Gasteiger partial charge in [0.15, 0.2) is 5.82 Å². The van der Waals surface area contributed by atoms with Crippen molar-refractivity contribution in [3.63, 3.8) is 0 Å². The van der Waals surface area contributed by atoms with Gasteiger partial charge in [-0.2, -0.15) is 23.1 Å². The highest BCUT2D eigenvalue weighted by atomic mass is 19.4. The number of rotatable bonds is 3. The first-order valence-corrected chi connectivity index (χ1v) is 3.86. The van der Waals surface area contributed by atoms with E-state index in [-0.39, 0.29) is 5.82 Å². The van der Waals surface area contributed by atoms with Gasteiger partial charge in [0, 0.05) is 0 Å². The van der Waals surface area contributed by atoms with Crippen LogP contribution in [0.4, 0.5) is 19.0 Å². The SMILES string of the molecule is Nc1cnn(CC(=O)NCC(F)(F)F)n1. The van der Waals surface area contributed by atoms with Gasteiger partial charge >= 0.3 is 6.18 Å². The number of nitrogen functional groups attached to an aromatic ring is 1. The molecule has 1 rings (SSSR count). The molecule has 0 aliphatic rings. The van der Waals surface area contributed by atoms with Crippen LogP contribution in [0.15, 0.2) is 6.20 Å². The minimum atomic E-state index is -4.42. The lowest BCUT2D eigenvalue weighted by Crippen LogP contribution is -2.36. The van der Waals surface area contributed by atoms with Gasteiger partial charge in [0.2, 0.25) is 5.91 Å². The minimum absolute atomic E-state index is 0.0959. The van der Waals surface area contributed by atoms with E-state index in [9.17, 15) is 18.0 Å². The fourth-order valence-electron chi connectivity index (χ4n) is 0.770. The number of hydrogen-bond acceptors (Lipinski definition) is 4. The van der Waals surface area contributed by atoms with Gasteiger partial charge < -0.3 is 11.1 Å². The molecule has 0 aromatic carbocycles. The van der Waals surface area contributed by atoms with Crippen LogP contribution in [0.25, 0.3) is 0 Å². The van der Waals surface area contributed by atoms with E-state index < -0.39 is 25.2 Å². The van der Waals surface area contributed by atoms with Crippen molar-refractivity contribution in [1.82, 2.24) is 20.3 Å². The number of aromatic nitrogens is 3. The van der Waals surface area contributed by atoms with E-state index in [1.807, 2.05) is 0 Å². The van der Waals surface area contributed by atoms with Gasteiger partial charge in [-0.25, -0.2) is 0 Å². The molecule has 0 fully saturated rings. The van der Waals surface area contributed by atoms with Crippen molar-refractivity contribution >= 4 is 11.7 Å². The van der Waals surface area contributed by atoms with Crippen LogP contribution in [0, 0.1) is 0 Å². The Bertz CT molecular complexity index is 347. The first-order chi connectivity index (χ1) is 6.87. The van der Waals surface area contributed by atoms with Crippen LogP contribution in [-0.4, -0.2) is 33.6 Å². The first-order valence-electron chi connectivity index (χ1n) is 3.86. The summed E-state index contributed by atoms with van der Waals surface area (Å²) in [7, 11) is 0. The van der Waals surface area contributed by atoms with Crippen molar-refractivity contribution in [2.24, 2.45) is 0 Å². The van der Waals surface area contributed by atoms with Gasteiger partial charge in [-0.3, -0.25) is 4.79 Å². The highest BCUT2D eigenvalue weighted by molar-refractivity contribution is 5.75. The molecular formula is C6H8F3N5O. The van der Waals surface area contributed by atoms with Crippen molar-refractivity contribution in [1.29, 1.82) is 0 Å². The highest BCUT2D eigenvalue weighted by Gasteiger charge is 2.27. The average Bonchev–Trinajstić information content (AvgIpc) is 2.47. The standard InChI is InChI=1S/C6H8F3N5O/c7-6(8,9)3-11-5(15)2-14-12-1-4(10)13-14/h1H,2-3H2,(H2,10,13)(H,11,15). The second kappa shape index (κ2) is 4.15. The molecule has 9 heteroatoms. The number of carbonyl (C=O) groups excluding carboxylic acids is 1. The molecule has 0 aliphatic heterocycles. The average molecular weight is 223 g/mol. The Labute approximate surface area is 82.2 Å². The third-order valence-corrected chi connectivity index (χ3v) is 1.33. The molecule has 1 amide bonds. The summed E-state index contributed by atoms with van der Waals surface area (Å²) in [5.41, 5.74) is 5.19. The topological polar surface area (TPSA) is 85.8 Å². The molecule has 0 aliphatic carbocycles. The number of nitrogens with one attached hydrogen (secondary N) is 1. The second-order valence-corrected chi connectivity index (χ2v) is 2.69. The van der Waals surface area contributed by atoms with E-state index in [4.69, 9.17) is 5.73 Å². The Balaban J connectivity index is 2.37. The largest absolute Gasteiger partial charge is 0.405 e. The second-order valence-electron chi connectivity index (χ2n) is 2.69. The van der Waals surface area contributed by atoms with Gasteiger partial charge in [-0.1, -0.05) is 0 Å². The predicted molar refractivity (Wildman–Crippen MR) is 43.5 cm³/mol. The van der Waals surface area contributed by atoms with Gasteiger partial charge in [-0.05, 0) is 0 Å². The molecule has 84 valence electrons. The molecule has 0 bridgehead atoms. The predicted octanol–water partition coefficient (Wildman–Crippen LogP) is -0.461. The monoisotopic (exact) mass is 223 g/mol. The third-order valence-electron chi connectivity index (χ3n) is 1.33. The van der Waals surface area contributed by atoms with Crippen molar-refractivity contribution in [3.05, 3.63) is 6.20 Å². The number of hydrogen-bond donors (Lipinski definition) is 2. The summed E-state index contributed by atoms with van der Waals surface area (Å²) < 4.78 is 35.1. The summed E-state index contributed by atoms with van der Waals surface area (Å²) in [4.78, 5) is 11.8. The molecule has 15 heavy (non-hydrogen) atoms. The molecule has 0 radical (unpaired) electrons. The Hall–Kier alpha value is -1.80. The quantitative estimate of drug-likeness (QED) is 0.725. The van der Waals surface area contributed by atoms with Crippen molar-refractivity contribution < 1.29 is 18.0 Å². The zero-order valence-corrected chi connectivity index (χ0v) is 7.45. The number of anilines is 1. The van der Waals surface area contributed by atoms with E-state index in [0.29, 0.717) is 0 Å². The minimum Gasteiger partial charge on any atom is -0.381 e. The summed E-state index contributed by atoms with van der Waals surface area (Å²) in [5.74, 6) is -0.735. The van der Waals surface area contributed by atoms with E-state index in [0.717, 1.165) is 4.80 Å². The van der Waals surface area contributed by atoms with Crippen LogP contribution in [0.2, 0.25) is 0 Å². The van der Waals surface area contributed by atoms with Crippen LogP contribution in [-0.2, 0) is 11.3 Å². The molecule has 1 aromatic heterocycles. The van der Waals surface area contributed by atoms with Crippen LogP contribution in [0.5, 0.6) is 0 Å². The van der Waals surface area contributed by atoms with Crippen LogP contribution in [0.3, 0.4) is 0 Å². The number of alkyl halides is 3. The highest BCUT2D eigenvalue weighted by Crippen LogP contribution is 2.11. The molecule has 0 unspecified atom stereocenters. The smallest absolute Gasteiger partial charge is 0.381 e. The number of nitrogens with two attached hydrogens (primary N) is 1. The molecule has 0 atom stereocenters. The molecule has 3 N–H and O–H groups in total. The first kappa shape index (κ1) is 11.3. The normalized spacial score (nSPS) is 11.4. The Kier molecular flexibility index (Phi) is 3.12. The number of amides is 1. The number of nitrogens with zero attached hydrogens (tertiary/aromatic N) is 3. The maximum atomic E-state index is 11.7. The van der Waals surface area contributed by atoms with Crippen molar-refractivity contribution in [2.75, 3.05) is 12.3 Å². The summed E-state index contributed by atoms with van der Waals surface area (Å²) in [6, 6.07) is 0. The molecule has 0 spiro atoms. The molecule has 6 nitrogen and oxygen atoms in total. The number of halogens is 3. The number of carbonyl (C=O) groups is 1. The molecule has 0 saturated carbocycles. The van der Waals surface area contributed by atoms with Crippen molar-refractivity contribution in [3.8, 4) is 0 Å². The molecular weight excluding hydrogens is 215 g/mol. The van der Waals surface area contributed by atoms with Crippen molar-refractivity contribution in [2.45, 2.75) is 12.7 Å². The summed E-state index contributed by atoms with van der Waals surface area (Å²) in [6.07, 6.45) is -3.23. The molecule has 0 saturated heterocycles. The fourth-order valence-corrected chi connectivity index (χ4v) is 0.770. The summed E-state index contributed by atoms with van der Waals surface area (Å²) in [5, 5.41) is 8.75. The van der Waals surface area contributed by atoms with E-state index >= 15 is 0 Å². The maximum absolute atomic E-state index is 11.7. The summed E-state index contributed by atoms with van der Waals surface area (Å²) >= 11 is 0. The third kappa shape index (κ3) is 4.29. The summed E-state index contributed by atoms with van der Waals surface area (Å²) in [6.45, 7) is -1.77.